The lowest BCUT2D eigenvalue weighted by Crippen LogP contribution is -2.37. The van der Waals surface area contributed by atoms with E-state index in [9.17, 15) is 5.26 Å². The molecule has 0 aromatic heterocycles. The summed E-state index contributed by atoms with van der Waals surface area (Å²) in [5.41, 5.74) is 9.62. The van der Waals surface area contributed by atoms with Gasteiger partial charge in [0.25, 0.3) is 0 Å². The van der Waals surface area contributed by atoms with E-state index in [1.54, 1.807) is 0 Å². The number of ether oxygens (including phenoxy) is 1. The first-order valence-corrected chi connectivity index (χ1v) is 14.1. The van der Waals surface area contributed by atoms with Gasteiger partial charge in [-0.25, -0.2) is 0 Å². The molecule has 0 radical (unpaired) electrons. The number of hydrogen-bond donors (Lipinski definition) is 0. The van der Waals surface area contributed by atoms with Crippen LogP contribution in [0.15, 0.2) is 151 Å². The van der Waals surface area contributed by atoms with Gasteiger partial charge in [-0.15, -0.1) is 0 Å². The number of allylic oxidation sites excluding steroid dienone is 3. The van der Waals surface area contributed by atoms with Crippen molar-refractivity contribution < 1.29 is 4.74 Å². The molecule has 41 heavy (non-hydrogen) atoms. The molecular formula is C39H29NO. The van der Waals surface area contributed by atoms with Crippen molar-refractivity contribution in [2.45, 2.75) is 18.8 Å². The van der Waals surface area contributed by atoms with Gasteiger partial charge in [-0.05, 0) is 81.6 Å². The van der Waals surface area contributed by atoms with Crippen LogP contribution in [-0.2, 0) is 5.41 Å². The zero-order chi connectivity index (χ0) is 27.8. The fourth-order valence-electron chi connectivity index (χ4n) is 6.50. The summed E-state index contributed by atoms with van der Waals surface area (Å²) in [6.07, 6.45) is 5.35. The molecule has 2 atom stereocenters. The maximum absolute atomic E-state index is 9.36. The molecule has 0 N–H and O–H groups in total. The van der Waals surface area contributed by atoms with Gasteiger partial charge in [-0.3, -0.25) is 0 Å². The van der Waals surface area contributed by atoms with E-state index in [0.717, 1.165) is 40.2 Å². The first-order chi connectivity index (χ1) is 20.2. The summed E-state index contributed by atoms with van der Waals surface area (Å²) < 4.78 is 6.52. The molecule has 0 spiro atoms. The third-order valence-electron chi connectivity index (χ3n) is 8.41. The van der Waals surface area contributed by atoms with E-state index in [1.165, 1.54) is 22.3 Å². The second-order valence-electron chi connectivity index (χ2n) is 10.9. The average molecular weight is 528 g/mol. The lowest BCUT2D eigenvalue weighted by molar-refractivity contribution is 0.379. The van der Waals surface area contributed by atoms with Gasteiger partial charge in [0.05, 0.1) is 17.0 Å². The van der Waals surface area contributed by atoms with Crippen molar-refractivity contribution >= 4 is 0 Å². The second-order valence-corrected chi connectivity index (χ2v) is 10.9. The van der Waals surface area contributed by atoms with Crippen molar-refractivity contribution in [3.05, 3.63) is 173 Å². The van der Waals surface area contributed by atoms with Gasteiger partial charge in [0.15, 0.2) is 0 Å². The zero-order valence-corrected chi connectivity index (χ0v) is 22.9. The van der Waals surface area contributed by atoms with Crippen LogP contribution in [0.3, 0.4) is 0 Å². The molecule has 2 unspecified atom stereocenters. The van der Waals surface area contributed by atoms with Crippen molar-refractivity contribution in [2.24, 2.45) is 5.92 Å². The maximum atomic E-state index is 9.36. The SMILES string of the molecule is CC1C=CC2=C(C1)C(c1ccccc1)(c1ccc(-c3cccc(-c4cccc(C#N)c4)c3)cc1)c1ccccc1O2. The summed E-state index contributed by atoms with van der Waals surface area (Å²) in [6, 6.07) is 47.0. The normalized spacial score (nSPS) is 19.1. The van der Waals surface area contributed by atoms with Gasteiger partial charge in [0, 0.05) is 5.56 Å². The topological polar surface area (TPSA) is 33.0 Å². The molecule has 0 amide bonds. The van der Waals surface area contributed by atoms with Crippen LogP contribution in [0, 0.1) is 17.2 Å². The maximum Gasteiger partial charge on any atom is 0.132 e. The zero-order valence-electron chi connectivity index (χ0n) is 22.9. The van der Waals surface area contributed by atoms with Crippen molar-refractivity contribution in [2.75, 3.05) is 0 Å². The first-order valence-electron chi connectivity index (χ1n) is 14.1. The minimum absolute atomic E-state index is 0.423. The van der Waals surface area contributed by atoms with E-state index in [1.807, 2.05) is 18.2 Å². The predicted molar refractivity (Wildman–Crippen MR) is 165 cm³/mol. The highest BCUT2D eigenvalue weighted by molar-refractivity contribution is 5.75. The largest absolute Gasteiger partial charge is 0.457 e. The third-order valence-corrected chi connectivity index (χ3v) is 8.41. The number of benzene rings is 5. The van der Waals surface area contributed by atoms with Gasteiger partial charge in [0.1, 0.15) is 11.5 Å². The van der Waals surface area contributed by atoms with Gasteiger partial charge >= 0.3 is 0 Å². The molecule has 5 aromatic rings. The molecule has 0 saturated heterocycles. The summed E-state index contributed by atoms with van der Waals surface area (Å²) in [7, 11) is 0. The van der Waals surface area contributed by atoms with Gasteiger partial charge < -0.3 is 4.74 Å². The van der Waals surface area contributed by atoms with Gasteiger partial charge in [-0.2, -0.15) is 5.26 Å². The number of nitrogens with zero attached hydrogens (tertiary/aromatic N) is 1. The van der Waals surface area contributed by atoms with Gasteiger partial charge in [-0.1, -0.05) is 116 Å². The number of hydrogen-bond acceptors (Lipinski definition) is 2. The highest BCUT2D eigenvalue weighted by Gasteiger charge is 2.47. The monoisotopic (exact) mass is 527 g/mol. The Hall–Kier alpha value is -5.13. The quantitative estimate of drug-likeness (QED) is 0.233. The highest BCUT2D eigenvalue weighted by atomic mass is 16.5. The van der Waals surface area contributed by atoms with E-state index in [0.29, 0.717) is 11.5 Å². The molecule has 7 rings (SSSR count). The van der Waals surface area contributed by atoms with Crippen LogP contribution >= 0.6 is 0 Å². The average Bonchev–Trinajstić information content (AvgIpc) is 3.04. The van der Waals surface area contributed by atoms with Crippen LogP contribution in [0.1, 0.15) is 35.6 Å². The summed E-state index contributed by atoms with van der Waals surface area (Å²) in [5.74, 6) is 2.29. The minimum Gasteiger partial charge on any atom is -0.457 e. The lowest BCUT2D eigenvalue weighted by atomic mass is 9.61. The van der Waals surface area contributed by atoms with Crippen molar-refractivity contribution in [1.29, 1.82) is 5.26 Å². The molecule has 5 aromatic carbocycles. The first kappa shape index (κ1) is 24.9. The molecule has 0 fully saturated rings. The van der Waals surface area contributed by atoms with E-state index in [2.05, 4.69) is 134 Å². The Morgan fingerprint density at radius 3 is 2.12 bits per heavy atom. The smallest absolute Gasteiger partial charge is 0.132 e. The van der Waals surface area contributed by atoms with E-state index in [4.69, 9.17) is 4.74 Å². The van der Waals surface area contributed by atoms with Crippen LogP contribution in [-0.4, -0.2) is 0 Å². The Labute approximate surface area is 241 Å². The number of para-hydroxylation sites is 1. The third kappa shape index (κ3) is 4.19. The van der Waals surface area contributed by atoms with Crippen LogP contribution < -0.4 is 4.74 Å². The summed E-state index contributed by atoms with van der Waals surface area (Å²) in [5, 5.41) is 9.36. The molecule has 1 heterocycles. The molecule has 1 aliphatic carbocycles. The molecule has 1 aliphatic heterocycles. The molecular weight excluding hydrogens is 498 g/mol. The van der Waals surface area contributed by atoms with Gasteiger partial charge in [0.2, 0.25) is 0 Å². The van der Waals surface area contributed by atoms with Crippen LogP contribution in [0.5, 0.6) is 5.75 Å². The second kappa shape index (κ2) is 10.1. The number of fused-ring (bicyclic) bond motifs is 1. The standard InChI is InChI=1S/C39H29NO/c1-27-17-22-38-36(23-27)39(33-13-3-2-4-14-33,35-15-5-6-16-37(35)41-38)34-20-18-29(19-21-34)31-11-8-12-32(25-31)30-10-7-9-28(24-30)26-40/h2-22,24-25,27H,23H2,1H3. The Bertz CT molecular complexity index is 1860. The van der Waals surface area contributed by atoms with Crippen molar-refractivity contribution in [1.82, 2.24) is 0 Å². The fraction of sp³-hybridized carbons (Fsp3) is 0.103. The minimum atomic E-state index is -0.456. The molecule has 2 aliphatic rings. The van der Waals surface area contributed by atoms with Crippen molar-refractivity contribution in [3.8, 4) is 34.1 Å². The summed E-state index contributed by atoms with van der Waals surface area (Å²) in [4.78, 5) is 0. The molecule has 0 saturated carbocycles. The molecule has 2 nitrogen and oxygen atoms in total. The van der Waals surface area contributed by atoms with E-state index < -0.39 is 5.41 Å². The van der Waals surface area contributed by atoms with Crippen LogP contribution in [0.25, 0.3) is 22.3 Å². The number of nitriles is 1. The lowest BCUT2D eigenvalue weighted by Gasteiger charge is -2.44. The molecule has 2 heteroatoms. The van der Waals surface area contributed by atoms with Crippen molar-refractivity contribution in [3.63, 3.8) is 0 Å². The summed E-state index contributed by atoms with van der Waals surface area (Å²) >= 11 is 0. The Kier molecular flexibility index (Phi) is 6.14. The molecule has 196 valence electrons. The molecule has 0 bridgehead atoms. The number of rotatable bonds is 4. The van der Waals surface area contributed by atoms with E-state index in [-0.39, 0.29) is 0 Å². The Balaban J connectivity index is 1.39. The summed E-state index contributed by atoms with van der Waals surface area (Å²) in [6.45, 7) is 2.28. The van der Waals surface area contributed by atoms with E-state index >= 15 is 0 Å². The fourth-order valence-corrected chi connectivity index (χ4v) is 6.50. The van der Waals surface area contributed by atoms with Crippen LogP contribution in [0.2, 0.25) is 0 Å². The highest BCUT2D eigenvalue weighted by Crippen LogP contribution is 2.55. The Morgan fingerprint density at radius 1 is 0.683 bits per heavy atom. The Morgan fingerprint density at radius 2 is 1.34 bits per heavy atom. The van der Waals surface area contributed by atoms with Crippen LogP contribution in [0.4, 0.5) is 0 Å². The predicted octanol–water partition coefficient (Wildman–Crippen LogP) is 9.47.